The summed E-state index contributed by atoms with van der Waals surface area (Å²) < 4.78 is 17.2. The van der Waals surface area contributed by atoms with E-state index < -0.39 is 16.8 Å². The van der Waals surface area contributed by atoms with E-state index in [4.69, 9.17) is 13.9 Å². The first-order chi connectivity index (χ1) is 11.6. The van der Waals surface area contributed by atoms with Gasteiger partial charge in [0.25, 0.3) is 0 Å². The SMILES string of the molecule is COc1c2c(c3ccc(=O)oc3c1C=CC(C)(C)O)OC(C)(C)C=C2. The standard InChI is InChI=1S/C20H22O5/c1-19(2,22)10-8-13-16(23-5)14-9-11-20(3,4)25-18(14)12-6-7-15(21)24-17(12)13/h6-11,22H,1-5H3. The minimum absolute atomic E-state index is 0.370. The molecule has 132 valence electrons. The zero-order valence-corrected chi connectivity index (χ0v) is 15.0. The summed E-state index contributed by atoms with van der Waals surface area (Å²) in [6, 6.07) is 3.06. The Morgan fingerprint density at radius 3 is 2.64 bits per heavy atom. The van der Waals surface area contributed by atoms with Gasteiger partial charge in [0, 0.05) is 6.07 Å². The maximum Gasteiger partial charge on any atom is 0.336 e. The van der Waals surface area contributed by atoms with Crippen LogP contribution in [0.1, 0.15) is 38.8 Å². The van der Waals surface area contributed by atoms with Crippen molar-refractivity contribution < 1.29 is 19.0 Å². The van der Waals surface area contributed by atoms with Crippen LogP contribution in [0.2, 0.25) is 0 Å². The molecule has 3 rings (SSSR count). The molecule has 0 spiro atoms. The fraction of sp³-hybridized carbons (Fsp3) is 0.350. The molecule has 0 saturated heterocycles. The van der Waals surface area contributed by atoms with Crippen molar-refractivity contribution in [2.45, 2.75) is 38.9 Å². The van der Waals surface area contributed by atoms with Crippen molar-refractivity contribution in [3.63, 3.8) is 0 Å². The molecule has 0 radical (unpaired) electrons. The topological polar surface area (TPSA) is 68.9 Å². The Bertz CT molecular complexity index is 939. The van der Waals surface area contributed by atoms with E-state index in [0.29, 0.717) is 28.0 Å². The fourth-order valence-corrected chi connectivity index (χ4v) is 2.79. The molecule has 1 N–H and O–H groups in total. The molecule has 1 aromatic heterocycles. The Balaban J connectivity index is 2.41. The van der Waals surface area contributed by atoms with Gasteiger partial charge in [0.15, 0.2) is 5.58 Å². The first-order valence-electron chi connectivity index (χ1n) is 8.09. The van der Waals surface area contributed by atoms with Gasteiger partial charge >= 0.3 is 5.63 Å². The molecular formula is C20H22O5. The second-order valence-electron chi connectivity index (χ2n) is 7.21. The molecule has 0 atom stereocenters. The summed E-state index contributed by atoms with van der Waals surface area (Å²) in [5, 5.41) is 10.7. The van der Waals surface area contributed by atoms with Crippen LogP contribution in [0.15, 0.2) is 33.5 Å². The van der Waals surface area contributed by atoms with Gasteiger partial charge in [-0.25, -0.2) is 4.79 Å². The van der Waals surface area contributed by atoms with Crippen molar-refractivity contribution in [2.75, 3.05) is 7.11 Å². The molecule has 1 aliphatic heterocycles. The number of aliphatic hydroxyl groups is 1. The molecule has 0 saturated carbocycles. The molecule has 0 unspecified atom stereocenters. The summed E-state index contributed by atoms with van der Waals surface area (Å²) in [6.45, 7) is 7.23. The summed E-state index contributed by atoms with van der Waals surface area (Å²) >= 11 is 0. The monoisotopic (exact) mass is 342 g/mol. The molecule has 0 amide bonds. The second kappa shape index (κ2) is 5.77. The van der Waals surface area contributed by atoms with E-state index in [1.807, 2.05) is 26.0 Å². The molecule has 0 bridgehead atoms. The number of benzene rings is 1. The first-order valence-corrected chi connectivity index (χ1v) is 8.09. The van der Waals surface area contributed by atoms with Gasteiger partial charge in [-0.15, -0.1) is 0 Å². The number of fused-ring (bicyclic) bond motifs is 3. The van der Waals surface area contributed by atoms with Crippen LogP contribution in [-0.2, 0) is 0 Å². The molecule has 5 nitrogen and oxygen atoms in total. The third kappa shape index (κ3) is 3.33. The van der Waals surface area contributed by atoms with Crippen LogP contribution in [0.5, 0.6) is 11.5 Å². The molecule has 5 heteroatoms. The molecular weight excluding hydrogens is 320 g/mol. The lowest BCUT2D eigenvalue weighted by Gasteiger charge is -2.30. The van der Waals surface area contributed by atoms with Crippen molar-refractivity contribution in [3.8, 4) is 11.5 Å². The summed E-state index contributed by atoms with van der Waals surface area (Å²) in [4.78, 5) is 11.8. The predicted octanol–water partition coefficient (Wildman–Crippen LogP) is 3.77. The molecule has 1 aromatic carbocycles. The second-order valence-corrected chi connectivity index (χ2v) is 7.21. The van der Waals surface area contributed by atoms with Crippen molar-refractivity contribution in [1.82, 2.24) is 0 Å². The highest BCUT2D eigenvalue weighted by molar-refractivity contribution is 5.98. The Morgan fingerprint density at radius 1 is 1.28 bits per heavy atom. The summed E-state index contributed by atoms with van der Waals surface area (Å²) in [7, 11) is 1.55. The normalized spacial score (nSPS) is 16.1. The Kier molecular flexibility index (Phi) is 4.00. The number of methoxy groups -OCH3 is 1. The maximum atomic E-state index is 11.8. The molecule has 25 heavy (non-hydrogen) atoms. The molecule has 1 aliphatic rings. The zero-order valence-electron chi connectivity index (χ0n) is 15.0. The highest BCUT2D eigenvalue weighted by Gasteiger charge is 2.29. The highest BCUT2D eigenvalue weighted by Crippen LogP contribution is 2.45. The average Bonchev–Trinajstić information content (AvgIpc) is 2.50. The number of hydrogen-bond acceptors (Lipinski definition) is 5. The smallest absolute Gasteiger partial charge is 0.336 e. The van der Waals surface area contributed by atoms with Crippen molar-refractivity contribution in [3.05, 3.63) is 45.8 Å². The Hall–Kier alpha value is -2.53. The van der Waals surface area contributed by atoms with E-state index >= 15 is 0 Å². The van der Waals surface area contributed by atoms with Crippen LogP contribution in [0, 0.1) is 0 Å². The predicted molar refractivity (Wildman–Crippen MR) is 98.1 cm³/mol. The largest absolute Gasteiger partial charge is 0.495 e. The third-order valence-corrected chi connectivity index (χ3v) is 3.93. The van der Waals surface area contributed by atoms with Crippen molar-refractivity contribution in [1.29, 1.82) is 0 Å². The minimum atomic E-state index is -1.02. The van der Waals surface area contributed by atoms with Crippen LogP contribution < -0.4 is 15.1 Å². The van der Waals surface area contributed by atoms with E-state index in [1.165, 1.54) is 6.07 Å². The lowest BCUT2D eigenvalue weighted by molar-refractivity contribution is 0.134. The maximum absolute atomic E-state index is 11.8. The van der Waals surface area contributed by atoms with Crippen LogP contribution in [0.3, 0.4) is 0 Å². The highest BCUT2D eigenvalue weighted by atomic mass is 16.5. The van der Waals surface area contributed by atoms with Gasteiger partial charge in [-0.1, -0.05) is 6.08 Å². The first kappa shape index (κ1) is 17.3. The van der Waals surface area contributed by atoms with Gasteiger partial charge in [-0.3, -0.25) is 0 Å². The molecule has 0 fully saturated rings. The van der Waals surface area contributed by atoms with Crippen LogP contribution in [0.25, 0.3) is 23.1 Å². The van der Waals surface area contributed by atoms with E-state index in [2.05, 4.69) is 0 Å². The fourth-order valence-electron chi connectivity index (χ4n) is 2.79. The molecule has 0 aliphatic carbocycles. The van der Waals surface area contributed by atoms with Crippen molar-refractivity contribution in [2.24, 2.45) is 0 Å². The van der Waals surface area contributed by atoms with Gasteiger partial charge in [0.1, 0.15) is 17.1 Å². The van der Waals surface area contributed by atoms with Crippen LogP contribution in [0.4, 0.5) is 0 Å². The van der Waals surface area contributed by atoms with Gasteiger partial charge in [0.05, 0.1) is 29.2 Å². The summed E-state index contributed by atoms with van der Waals surface area (Å²) in [6.07, 6.45) is 7.23. The summed E-state index contributed by atoms with van der Waals surface area (Å²) in [5.74, 6) is 1.15. The van der Waals surface area contributed by atoms with Gasteiger partial charge in [0.2, 0.25) is 0 Å². The lowest BCUT2D eigenvalue weighted by Crippen LogP contribution is -2.28. The van der Waals surface area contributed by atoms with Crippen molar-refractivity contribution >= 4 is 23.1 Å². The Morgan fingerprint density at radius 2 is 2.00 bits per heavy atom. The Labute approximate surface area is 146 Å². The van der Waals surface area contributed by atoms with E-state index in [1.54, 1.807) is 39.2 Å². The minimum Gasteiger partial charge on any atom is -0.495 e. The quantitative estimate of drug-likeness (QED) is 0.860. The van der Waals surface area contributed by atoms with Crippen LogP contribution >= 0.6 is 0 Å². The molecule has 2 heterocycles. The summed E-state index contributed by atoms with van der Waals surface area (Å²) in [5.41, 5.74) is -0.224. The zero-order chi connectivity index (χ0) is 18.4. The van der Waals surface area contributed by atoms with Gasteiger partial charge in [-0.05, 0) is 52.0 Å². The number of rotatable bonds is 3. The average molecular weight is 342 g/mol. The van der Waals surface area contributed by atoms with E-state index in [9.17, 15) is 9.90 Å². The van der Waals surface area contributed by atoms with E-state index in [0.717, 1.165) is 5.56 Å². The van der Waals surface area contributed by atoms with Gasteiger partial charge in [-0.2, -0.15) is 0 Å². The molecule has 2 aromatic rings. The number of hydrogen-bond donors (Lipinski definition) is 1. The van der Waals surface area contributed by atoms with Crippen LogP contribution in [-0.4, -0.2) is 23.4 Å². The number of ether oxygens (including phenoxy) is 2. The van der Waals surface area contributed by atoms with Gasteiger partial charge < -0.3 is 19.0 Å². The van der Waals surface area contributed by atoms with E-state index in [-0.39, 0.29) is 0 Å². The third-order valence-electron chi connectivity index (χ3n) is 3.93. The lowest BCUT2D eigenvalue weighted by atomic mass is 9.95.